The zero-order valence-corrected chi connectivity index (χ0v) is 25.8. The number of carbonyl (C=O) groups excluding carboxylic acids is 2. The second-order valence-electron chi connectivity index (χ2n) is 10.0. The minimum Gasteiger partial charge on any atom is -0.465 e. The van der Waals surface area contributed by atoms with E-state index < -0.39 is 42.4 Å². The van der Waals surface area contributed by atoms with Crippen LogP contribution in [0.4, 0.5) is 0 Å². The molecule has 0 fully saturated rings. The van der Waals surface area contributed by atoms with Crippen molar-refractivity contribution in [3.63, 3.8) is 0 Å². The topological polar surface area (TPSA) is 145 Å². The molecule has 0 atom stereocenters. The van der Waals surface area contributed by atoms with Gasteiger partial charge >= 0.3 is 5.97 Å². The van der Waals surface area contributed by atoms with Crippen LogP contribution >= 0.6 is 0 Å². The van der Waals surface area contributed by atoms with Gasteiger partial charge in [-0.05, 0) is 59.3 Å². The van der Waals surface area contributed by atoms with Crippen LogP contribution in [0.25, 0.3) is 0 Å². The molecule has 0 spiro atoms. The van der Waals surface area contributed by atoms with Gasteiger partial charge in [0.15, 0.2) is 0 Å². The van der Waals surface area contributed by atoms with E-state index in [-0.39, 0.29) is 23.2 Å². The first kappa shape index (κ1) is 33.5. The molecule has 0 aliphatic heterocycles. The van der Waals surface area contributed by atoms with Gasteiger partial charge in [-0.2, -0.15) is 0 Å². The van der Waals surface area contributed by atoms with Gasteiger partial charge in [-0.25, -0.2) is 31.1 Å². The van der Waals surface area contributed by atoms with Crippen molar-refractivity contribution in [2.24, 2.45) is 0 Å². The van der Waals surface area contributed by atoms with E-state index in [1.807, 2.05) is 44.5 Å². The number of hydrogen-bond donors (Lipinski definition) is 2. The predicted molar refractivity (Wildman–Crippen MR) is 155 cm³/mol. The molecule has 10 nitrogen and oxygen atoms in total. The summed E-state index contributed by atoms with van der Waals surface area (Å²) in [5.41, 5.74) is 3.05. The van der Waals surface area contributed by atoms with E-state index in [1.165, 1.54) is 7.05 Å². The van der Waals surface area contributed by atoms with Crippen molar-refractivity contribution in [1.82, 2.24) is 9.44 Å². The summed E-state index contributed by atoms with van der Waals surface area (Å²) in [5, 5.41) is 0. The Labute approximate surface area is 238 Å². The van der Waals surface area contributed by atoms with E-state index in [2.05, 4.69) is 16.3 Å². The van der Waals surface area contributed by atoms with Crippen molar-refractivity contribution in [3.8, 4) is 0 Å². The summed E-state index contributed by atoms with van der Waals surface area (Å²) < 4.78 is 65.5. The van der Waals surface area contributed by atoms with Gasteiger partial charge < -0.3 is 9.47 Å². The van der Waals surface area contributed by atoms with E-state index in [9.17, 15) is 26.4 Å². The molecular weight excluding hydrogens is 555 g/mol. The van der Waals surface area contributed by atoms with E-state index >= 15 is 0 Å². The second-order valence-corrected chi connectivity index (χ2v) is 13.6. The molecule has 0 aliphatic carbocycles. The van der Waals surface area contributed by atoms with Crippen LogP contribution in [-0.2, 0) is 47.3 Å². The Balaban J connectivity index is 2.46. The van der Waals surface area contributed by atoms with Gasteiger partial charge in [-0.3, -0.25) is 4.79 Å². The smallest absolute Gasteiger partial charge is 0.339 e. The van der Waals surface area contributed by atoms with Crippen molar-refractivity contribution in [3.05, 3.63) is 58.1 Å². The molecule has 13 heteroatoms. The molecule has 2 aromatic carbocycles. The molecule has 220 valence electrons. The van der Waals surface area contributed by atoms with Crippen molar-refractivity contribution in [1.29, 1.82) is 0 Å². The predicted octanol–water partition coefficient (Wildman–Crippen LogP) is 3.10. The highest BCUT2D eigenvalue weighted by Crippen LogP contribution is 2.31. The highest BCUT2D eigenvalue weighted by Gasteiger charge is 2.28. The summed E-state index contributed by atoms with van der Waals surface area (Å²) in [4.78, 5) is 24.6. The minimum absolute atomic E-state index is 0.0556. The minimum atomic E-state index is -4.56. The standard InChI is InChI=1S/C27H39BN2O8S2/c1-17(2)21-12-19(16-38-11-10-28-5)13-22(18(3)4)23(21)15-26(31)30-40(35,36)25-9-8-20(39(33,34)29-6)14-24(25)27(32)37-7/h8-9,12-14,17-18,28-29H,10-11,15-16H2,1-7H3,(H,30,31). The summed E-state index contributed by atoms with van der Waals surface area (Å²) in [7, 11) is -5.29. The van der Waals surface area contributed by atoms with Gasteiger partial charge in [-0.15, -0.1) is 0 Å². The highest BCUT2D eigenvalue weighted by atomic mass is 32.2. The number of methoxy groups -OCH3 is 1. The lowest BCUT2D eigenvalue weighted by molar-refractivity contribution is -0.118. The summed E-state index contributed by atoms with van der Waals surface area (Å²) in [5.74, 6) is -1.75. The van der Waals surface area contributed by atoms with Gasteiger partial charge in [0.2, 0.25) is 15.9 Å². The van der Waals surface area contributed by atoms with Crippen molar-refractivity contribution >= 4 is 39.2 Å². The molecule has 2 rings (SSSR count). The third-order valence-corrected chi connectivity index (χ3v) is 9.19. The lowest BCUT2D eigenvalue weighted by atomic mass is 9.79. The summed E-state index contributed by atoms with van der Waals surface area (Å²) in [6.07, 6.45) is 0.754. The number of sulfonamides is 2. The first-order valence-corrected chi connectivity index (χ1v) is 16.1. The van der Waals surface area contributed by atoms with Crippen LogP contribution in [-0.4, -0.2) is 56.8 Å². The number of ether oxygens (including phenoxy) is 2. The molecule has 0 heterocycles. The number of benzene rings is 2. The Bertz CT molecular complexity index is 1410. The Morgan fingerprint density at radius 3 is 2.05 bits per heavy atom. The maximum Gasteiger partial charge on any atom is 0.339 e. The van der Waals surface area contributed by atoms with Crippen molar-refractivity contribution in [2.75, 3.05) is 20.8 Å². The number of nitrogens with one attached hydrogen (secondary N) is 2. The summed E-state index contributed by atoms with van der Waals surface area (Å²) in [6, 6.07) is 6.88. The molecule has 2 N–H and O–H groups in total. The molecule has 0 aliphatic rings. The monoisotopic (exact) mass is 594 g/mol. The number of esters is 1. The Morgan fingerprint density at radius 2 is 1.55 bits per heavy atom. The van der Waals surface area contributed by atoms with E-state index in [0.717, 1.165) is 61.2 Å². The third-order valence-electron chi connectivity index (χ3n) is 6.34. The molecule has 0 saturated heterocycles. The molecule has 1 amide bonds. The SMILES string of the molecule is CBCCOCc1cc(C(C)C)c(CC(=O)NS(=O)(=O)c2ccc(S(=O)(=O)NC)cc2C(=O)OC)c(C(C)C)c1. The van der Waals surface area contributed by atoms with Crippen LogP contribution in [0.1, 0.15) is 72.1 Å². The first-order valence-electron chi connectivity index (χ1n) is 13.1. The fourth-order valence-corrected chi connectivity index (χ4v) is 6.15. The zero-order chi connectivity index (χ0) is 30.3. The molecule has 0 aromatic heterocycles. The lowest BCUT2D eigenvalue weighted by Gasteiger charge is -2.22. The number of carbonyl (C=O) groups is 2. The van der Waals surface area contributed by atoms with Crippen LogP contribution in [0, 0.1) is 0 Å². The van der Waals surface area contributed by atoms with Crippen molar-refractivity contribution < 1.29 is 35.9 Å². The number of hydrogen-bond acceptors (Lipinski definition) is 8. The molecular formula is C27H39BN2O8S2. The summed E-state index contributed by atoms with van der Waals surface area (Å²) >= 11 is 0. The Hall–Kier alpha value is -2.74. The van der Waals surface area contributed by atoms with E-state index in [0.29, 0.717) is 13.2 Å². The fraction of sp³-hybridized carbons (Fsp3) is 0.481. The molecule has 2 aromatic rings. The molecule has 0 bridgehead atoms. The number of amides is 1. The van der Waals surface area contributed by atoms with Crippen LogP contribution in [0.3, 0.4) is 0 Å². The van der Waals surface area contributed by atoms with Gasteiger partial charge in [0.05, 0.1) is 30.6 Å². The van der Waals surface area contributed by atoms with Gasteiger partial charge in [-0.1, -0.05) is 53.0 Å². The Morgan fingerprint density at radius 1 is 0.950 bits per heavy atom. The van der Waals surface area contributed by atoms with Gasteiger partial charge in [0.1, 0.15) is 12.2 Å². The normalized spacial score (nSPS) is 12.0. The highest BCUT2D eigenvalue weighted by molar-refractivity contribution is 7.90. The molecule has 0 saturated carbocycles. The maximum absolute atomic E-state index is 13.2. The van der Waals surface area contributed by atoms with Crippen LogP contribution < -0.4 is 9.44 Å². The Kier molecular flexibility index (Phi) is 11.9. The molecule has 40 heavy (non-hydrogen) atoms. The lowest BCUT2D eigenvalue weighted by Crippen LogP contribution is -2.33. The summed E-state index contributed by atoms with van der Waals surface area (Å²) in [6.45, 7) is 11.2. The van der Waals surface area contributed by atoms with Crippen LogP contribution in [0.5, 0.6) is 0 Å². The van der Waals surface area contributed by atoms with Crippen LogP contribution in [0.15, 0.2) is 40.1 Å². The van der Waals surface area contributed by atoms with Gasteiger partial charge in [0.25, 0.3) is 10.0 Å². The third kappa shape index (κ3) is 8.39. The van der Waals surface area contributed by atoms with Crippen LogP contribution in [0.2, 0.25) is 13.1 Å². The average Bonchev–Trinajstić information content (AvgIpc) is 2.90. The van der Waals surface area contributed by atoms with Crippen molar-refractivity contribution in [2.45, 2.75) is 75.5 Å². The molecule has 0 unspecified atom stereocenters. The van der Waals surface area contributed by atoms with E-state index in [1.54, 1.807) is 0 Å². The molecule has 0 radical (unpaired) electrons. The first-order chi connectivity index (χ1) is 18.7. The fourth-order valence-electron chi connectivity index (χ4n) is 4.24. The zero-order valence-electron chi connectivity index (χ0n) is 24.2. The largest absolute Gasteiger partial charge is 0.465 e. The quantitative estimate of drug-likeness (QED) is 0.193. The van der Waals surface area contributed by atoms with Gasteiger partial charge in [0, 0.05) is 6.61 Å². The second kappa shape index (κ2) is 14.2. The average molecular weight is 595 g/mol. The maximum atomic E-state index is 13.2. The number of rotatable bonds is 14. The van der Waals surface area contributed by atoms with E-state index in [4.69, 9.17) is 4.74 Å².